The Morgan fingerprint density at radius 1 is 0.969 bits per heavy atom. The molecule has 7 heteroatoms. The average molecular weight is 429 g/mol. The molecule has 1 N–H and O–H groups in total. The van der Waals surface area contributed by atoms with Crippen LogP contribution in [0.5, 0.6) is 17.4 Å². The zero-order valence-electron chi connectivity index (χ0n) is 17.3. The van der Waals surface area contributed by atoms with Gasteiger partial charge in [0.05, 0.1) is 7.11 Å². The first kappa shape index (κ1) is 21.0. The minimum Gasteiger partial charge on any atom is -0.497 e. The van der Waals surface area contributed by atoms with Crippen molar-refractivity contribution in [2.45, 2.75) is 6.54 Å². The topological polar surface area (TPSA) is 73.3 Å². The van der Waals surface area contributed by atoms with Gasteiger partial charge in [-0.1, -0.05) is 24.3 Å². The monoisotopic (exact) mass is 429 g/mol. The molecule has 1 amide bonds. The van der Waals surface area contributed by atoms with Crippen LogP contribution in [0.4, 0.5) is 4.39 Å². The molecule has 3 aromatic carbocycles. The molecule has 6 nitrogen and oxygen atoms in total. The second kappa shape index (κ2) is 9.70. The summed E-state index contributed by atoms with van der Waals surface area (Å²) < 4.78 is 24.4. The lowest BCUT2D eigenvalue weighted by atomic mass is 10.2. The molecule has 0 aliphatic carbocycles. The number of aromatic nitrogens is 2. The molecule has 0 radical (unpaired) electrons. The molecular weight excluding hydrogens is 409 g/mol. The standard InChI is InChI=1S/C25H20FN3O3/c1-31-22-7-2-4-17(14-22)16-28-25(30)18-8-10-21(11-9-18)32-23-12-13-27-24(29-23)19-5-3-6-20(26)15-19/h2-15H,16H2,1H3,(H,28,30). The van der Waals surface area contributed by atoms with Crippen LogP contribution in [0.15, 0.2) is 85.1 Å². The summed E-state index contributed by atoms with van der Waals surface area (Å²) in [5.41, 5.74) is 2.00. The van der Waals surface area contributed by atoms with Gasteiger partial charge in [0.25, 0.3) is 5.91 Å². The predicted molar refractivity (Wildman–Crippen MR) is 118 cm³/mol. The first-order chi connectivity index (χ1) is 15.6. The van der Waals surface area contributed by atoms with Gasteiger partial charge in [-0.3, -0.25) is 4.79 Å². The van der Waals surface area contributed by atoms with E-state index in [1.54, 1.807) is 55.8 Å². The molecule has 0 fully saturated rings. The molecule has 0 saturated carbocycles. The highest BCUT2D eigenvalue weighted by molar-refractivity contribution is 5.94. The number of halogens is 1. The number of nitrogens with one attached hydrogen (secondary N) is 1. The molecule has 32 heavy (non-hydrogen) atoms. The van der Waals surface area contributed by atoms with Gasteiger partial charge in [0.15, 0.2) is 5.82 Å². The van der Waals surface area contributed by atoms with Crippen LogP contribution >= 0.6 is 0 Å². The van der Waals surface area contributed by atoms with Crippen molar-refractivity contribution in [3.05, 3.63) is 102 Å². The zero-order chi connectivity index (χ0) is 22.3. The molecule has 4 rings (SSSR count). The van der Waals surface area contributed by atoms with Crippen molar-refractivity contribution in [1.82, 2.24) is 15.3 Å². The third-order valence-electron chi connectivity index (χ3n) is 4.64. The molecule has 0 unspecified atom stereocenters. The maximum absolute atomic E-state index is 13.5. The number of nitrogens with zero attached hydrogens (tertiary/aromatic N) is 2. The normalized spacial score (nSPS) is 10.4. The number of ether oxygens (including phenoxy) is 2. The number of amides is 1. The zero-order valence-corrected chi connectivity index (χ0v) is 17.3. The summed E-state index contributed by atoms with van der Waals surface area (Å²) >= 11 is 0. The number of hydrogen-bond donors (Lipinski definition) is 1. The molecule has 160 valence electrons. The maximum atomic E-state index is 13.5. The highest BCUT2D eigenvalue weighted by atomic mass is 19.1. The van der Waals surface area contributed by atoms with Crippen LogP contribution in [-0.4, -0.2) is 23.0 Å². The highest BCUT2D eigenvalue weighted by Gasteiger charge is 2.08. The number of methoxy groups -OCH3 is 1. The molecule has 0 aliphatic rings. The Morgan fingerprint density at radius 2 is 1.78 bits per heavy atom. The van der Waals surface area contributed by atoms with E-state index in [-0.39, 0.29) is 11.7 Å². The second-order valence-corrected chi connectivity index (χ2v) is 6.89. The number of carbonyl (C=O) groups is 1. The van der Waals surface area contributed by atoms with Crippen molar-refractivity contribution in [1.29, 1.82) is 0 Å². The van der Waals surface area contributed by atoms with Crippen molar-refractivity contribution in [2.24, 2.45) is 0 Å². The minimum absolute atomic E-state index is 0.199. The minimum atomic E-state index is -0.363. The van der Waals surface area contributed by atoms with E-state index >= 15 is 0 Å². The molecular formula is C25H20FN3O3. The summed E-state index contributed by atoms with van der Waals surface area (Å²) in [7, 11) is 1.60. The number of hydrogen-bond acceptors (Lipinski definition) is 5. The van der Waals surface area contributed by atoms with Crippen molar-refractivity contribution in [2.75, 3.05) is 7.11 Å². The molecule has 0 atom stereocenters. The number of rotatable bonds is 7. The van der Waals surface area contributed by atoms with Crippen molar-refractivity contribution >= 4 is 5.91 Å². The number of benzene rings is 3. The fourth-order valence-electron chi connectivity index (χ4n) is 3.03. The van der Waals surface area contributed by atoms with Crippen molar-refractivity contribution < 1.29 is 18.7 Å². The Labute approximate surface area is 184 Å². The van der Waals surface area contributed by atoms with Gasteiger partial charge in [0.1, 0.15) is 17.3 Å². The van der Waals surface area contributed by atoms with Crippen molar-refractivity contribution in [3.63, 3.8) is 0 Å². The van der Waals surface area contributed by atoms with Crippen LogP contribution in [0, 0.1) is 5.82 Å². The summed E-state index contributed by atoms with van der Waals surface area (Å²) in [4.78, 5) is 20.9. The predicted octanol–water partition coefficient (Wildman–Crippen LogP) is 5.01. The van der Waals surface area contributed by atoms with Crippen LogP contribution in [0.25, 0.3) is 11.4 Å². The lowest BCUT2D eigenvalue weighted by Crippen LogP contribution is -2.22. The van der Waals surface area contributed by atoms with Gasteiger partial charge < -0.3 is 14.8 Å². The Morgan fingerprint density at radius 3 is 2.56 bits per heavy atom. The van der Waals surface area contributed by atoms with Gasteiger partial charge in [-0.2, -0.15) is 4.98 Å². The van der Waals surface area contributed by atoms with Crippen LogP contribution in [-0.2, 0) is 6.54 Å². The molecule has 0 bridgehead atoms. The van der Waals surface area contributed by atoms with Crippen molar-refractivity contribution in [3.8, 4) is 28.8 Å². The van der Waals surface area contributed by atoms with Gasteiger partial charge in [-0.25, -0.2) is 9.37 Å². The van der Waals surface area contributed by atoms with E-state index in [1.807, 2.05) is 24.3 Å². The number of carbonyl (C=O) groups excluding carboxylic acids is 1. The highest BCUT2D eigenvalue weighted by Crippen LogP contribution is 2.23. The van der Waals surface area contributed by atoms with E-state index in [9.17, 15) is 9.18 Å². The van der Waals surface area contributed by atoms with Gasteiger partial charge in [0, 0.05) is 29.9 Å². The summed E-state index contributed by atoms with van der Waals surface area (Å²) in [6.45, 7) is 0.387. The van der Waals surface area contributed by atoms with Gasteiger partial charge in [0.2, 0.25) is 5.88 Å². The molecule has 1 aromatic heterocycles. The Kier molecular flexibility index (Phi) is 6.36. The second-order valence-electron chi connectivity index (χ2n) is 6.89. The third kappa shape index (κ3) is 5.26. The van der Waals surface area contributed by atoms with E-state index in [4.69, 9.17) is 9.47 Å². The van der Waals surface area contributed by atoms with E-state index in [2.05, 4.69) is 15.3 Å². The summed E-state index contributed by atoms with van der Waals surface area (Å²) in [5, 5.41) is 2.88. The van der Waals surface area contributed by atoms with Gasteiger partial charge in [-0.05, 0) is 54.1 Å². The summed E-state index contributed by atoms with van der Waals surface area (Å²) in [6, 6.07) is 21.9. The lowest BCUT2D eigenvalue weighted by molar-refractivity contribution is 0.0951. The SMILES string of the molecule is COc1cccc(CNC(=O)c2ccc(Oc3ccnc(-c4cccc(F)c4)n3)cc2)c1. The Bertz CT molecular complexity index is 1230. The van der Waals surface area contributed by atoms with Gasteiger partial charge >= 0.3 is 0 Å². The Balaban J connectivity index is 1.39. The summed E-state index contributed by atoms with van der Waals surface area (Å²) in [5.74, 6) is 1.36. The molecule has 0 spiro atoms. The largest absolute Gasteiger partial charge is 0.497 e. The first-order valence-electron chi connectivity index (χ1n) is 9.89. The third-order valence-corrected chi connectivity index (χ3v) is 4.64. The van der Waals surface area contributed by atoms with E-state index in [1.165, 1.54) is 12.1 Å². The Hall–Kier alpha value is -4.26. The molecule has 0 saturated heterocycles. The fourth-order valence-corrected chi connectivity index (χ4v) is 3.03. The van der Waals surface area contributed by atoms with Crippen LogP contribution in [0.1, 0.15) is 15.9 Å². The average Bonchev–Trinajstić information content (AvgIpc) is 2.83. The van der Waals surface area contributed by atoms with E-state index in [0.29, 0.717) is 35.1 Å². The van der Waals surface area contributed by atoms with Crippen LogP contribution in [0.2, 0.25) is 0 Å². The fraction of sp³-hybridized carbons (Fsp3) is 0.0800. The molecule has 0 aliphatic heterocycles. The van der Waals surface area contributed by atoms with Gasteiger partial charge in [-0.15, -0.1) is 0 Å². The van der Waals surface area contributed by atoms with E-state index in [0.717, 1.165) is 11.3 Å². The van der Waals surface area contributed by atoms with Crippen LogP contribution in [0.3, 0.4) is 0 Å². The van der Waals surface area contributed by atoms with E-state index < -0.39 is 0 Å². The van der Waals surface area contributed by atoms with Crippen LogP contribution < -0.4 is 14.8 Å². The smallest absolute Gasteiger partial charge is 0.251 e. The molecule has 1 heterocycles. The quantitative estimate of drug-likeness (QED) is 0.447. The summed E-state index contributed by atoms with van der Waals surface area (Å²) in [6.07, 6.45) is 1.54. The lowest BCUT2D eigenvalue weighted by Gasteiger charge is -2.09. The molecule has 4 aromatic rings. The first-order valence-corrected chi connectivity index (χ1v) is 9.89. The maximum Gasteiger partial charge on any atom is 0.251 e.